The number of carbonyl (C=O) groups excluding carboxylic acids is 1. The summed E-state index contributed by atoms with van der Waals surface area (Å²) in [5.41, 5.74) is 5.73. The van der Waals surface area contributed by atoms with E-state index < -0.39 is 6.04 Å². The first kappa shape index (κ1) is 14.0. The van der Waals surface area contributed by atoms with Crippen LogP contribution >= 0.6 is 11.3 Å². The Labute approximate surface area is 115 Å². The quantitative estimate of drug-likeness (QED) is 0.563. The first-order valence-electron chi connectivity index (χ1n) is 6.07. The summed E-state index contributed by atoms with van der Waals surface area (Å²) in [7, 11) is 1.51. The first-order chi connectivity index (χ1) is 9.13. The van der Waals surface area contributed by atoms with E-state index in [1.165, 1.54) is 18.4 Å². The maximum atomic E-state index is 12.0. The predicted octanol–water partition coefficient (Wildman–Crippen LogP) is 0.0367. The number of carbonyl (C=O) groups is 1. The van der Waals surface area contributed by atoms with Gasteiger partial charge in [0.1, 0.15) is 10.7 Å². The van der Waals surface area contributed by atoms with Crippen LogP contribution in [-0.4, -0.2) is 48.4 Å². The van der Waals surface area contributed by atoms with Crippen LogP contribution in [0.25, 0.3) is 0 Å². The van der Waals surface area contributed by atoms with Crippen molar-refractivity contribution in [1.29, 1.82) is 0 Å². The maximum Gasteiger partial charge on any atom is 0.265 e. The molecule has 0 bridgehead atoms. The number of nitrogens with one attached hydrogen (secondary N) is 2. The van der Waals surface area contributed by atoms with E-state index in [0.29, 0.717) is 16.1 Å². The molecule has 1 atom stereocenters. The van der Waals surface area contributed by atoms with Gasteiger partial charge in [0, 0.05) is 13.2 Å². The molecule has 106 valence electrons. The van der Waals surface area contributed by atoms with Crippen molar-refractivity contribution in [1.82, 2.24) is 10.3 Å². The lowest BCUT2D eigenvalue weighted by Gasteiger charge is -2.14. The number of aromatic nitrogens is 1. The van der Waals surface area contributed by atoms with Crippen LogP contribution in [0.2, 0.25) is 0 Å². The van der Waals surface area contributed by atoms with Gasteiger partial charge in [-0.15, -0.1) is 0 Å². The van der Waals surface area contributed by atoms with Gasteiger partial charge in [0.15, 0.2) is 5.13 Å². The molecule has 0 aromatic carbocycles. The molecular weight excluding hydrogens is 268 g/mol. The van der Waals surface area contributed by atoms with Gasteiger partial charge in [-0.25, -0.2) is 4.98 Å². The number of anilines is 2. The third kappa shape index (κ3) is 3.79. The zero-order chi connectivity index (χ0) is 13.8. The molecule has 19 heavy (non-hydrogen) atoms. The fourth-order valence-corrected chi connectivity index (χ4v) is 2.42. The normalized spacial score (nSPS) is 16.1. The third-order valence-electron chi connectivity index (χ3n) is 2.69. The monoisotopic (exact) mass is 286 g/mol. The highest BCUT2D eigenvalue weighted by Crippen LogP contribution is 2.30. The maximum absolute atomic E-state index is 12.0. The number of nitrogen functional groups attached to an aromatic ring is 1. The van der Waals surface area contributed by atoms with Crippen molar-refractivity contribution >= 4 is 28.2 Å². The Morgan fingerprint density at radius 2 is 2.42 bits per heavy atom. The van der Waals surface area contributed by atoms with E-state index in [0.717, 1.165) is 12.8 Å². The van der Waals surface area contributed by atoms with Gasteiger partial charge < -0.3 is 26.2 Å². The van der Waals surface area contributed by atoms with Crippen LogP contribution in [0.4, 0.5) is 10.9 Å². The number of aliphatic hydroxyl groups excluding tert-OH is 1. The summed E-state index contributed by atoms with van der Waals surface area (Å²) in [4.78, 5) is 16.5. The Morgan fingerprint density at radius 1 is 1.68 bits per heavy atom. The molecular formula is C11H18N4O3S. The second-order valence-electron chi connectivity index (χ2n) is 4.46. The molecule has 8 heteroatoms. The molecule has 1 aliphatic carbocycles. The van der Waals surface area contributed by atoms with Gasteiger partial charge in [-0.3, -0.25) is 4.79 Å². The molecule has 0 radical (unpaired) electrons. The van der Waals surface area contributed by atoms with E-state index in [4.69, 9.17) is 15.6 Å². The van der Waals surface area contributed by atoms with Gasteiger partial charge in [0.05, 0.1) is 19.3 Å². The number of thiazole rings is 1. The molecule has 1 amide bonds. The lowest BCUT2D eigenvalue weighted by molar-refractivity contribution is 0.0844. The van der Waals surface area contributed by atoms with Crippen LogP contribution in [0.1, 0.15) is 22.5 Å². The summed E-state index contributed by atoms with van der Waals surface area (Å²) in [6.45, 7) is 0.0552. The largest absolute Gasteiger partial charge is 0.394 e. The molecule has 7 nitrogen and oxygen atoms in total. The van der Waals surface area contributed by atoms with Gasteiger partial charge in [0.2, 0.25) is 0 Å². The number of nitrogens with zero attached hydrogens (tertiary/aromatic N) is 1. The number of hydrogen-bond acceptors (Lipinski definition) is 7. The third-order valence-corrected chi connectivity index (χ3v) is 3.69. The predicted molar refractivity (Wildman–Crippen MR) is 73.4 cm³/mol. The molecule has 1 saturated carbocycles. The summed E-state index contributed by atoms with van der Waals surface area (Å²) in [5.74, 6) is -0.130. The minimum absolute atomic E-state index is 0.189. The fraction of sp³-hybridized carbons (Fsp3) is 0.636. The number of methoxy groups -OCH3 is 1. The van der Waals surface area contributed by atoms with Crippen LogP contribution in [0.3, 0.4) is 0 Å². The number of ether oxygens (including phenoxy) is 1. The number of hydrogen-bond donors (Lipinski definition) is 4. The van der Waals surface area contributed by atoms with Crippen molar-refractivity contribution in [3.8, 4) is 0 Å². The van der Waals surface area contributed by atoms with Crippen LogP contribution in [-0.2, 0) is 4.74 Å². The van der Waals surface area contributed by atoms with Gasteiger partial charge in [0.25, 0.3) is 5.91 Å². The second kappa shape index (κ2) is 6.18. The number of rotatable bonds is 7. The molecule has 0 saturated heterocycles. The lowest BCUT2D eigenvalue weighted by atomic mass is 10.3. The summed E-state index contributed by atoms with van der Waals surface area (Å²) in [5, 5.41) is 15.6. The minimum Gasteiger partial charge on any atom is -0.394 e. The van der Waals surface area contributed by atoms with Crippen LogP contribution < -0.4 is 16.4 Å². The summed E-state index contributed by atoms with van der Waals surface area (Å²) in [6.07, 6.45) is 2.25. The molecule has 1 fully saturated rings. The van der Waals surface area contributed by atoms with Crippen molar-refractivity contribution in [3.05, 3.63) is 4.88 Å². The van der Waals surface area contributed by atoms with Crippen molar-refractivity contribution in [3.63, 3.8) is 0 Å². The van der Waals surface area contributed by atoms with Gasteiger partial charge in [-0.1, -0.05) is 11.3 Å². The van der Waals surface area contributed by atoms with E-state index in [9.17, 15) is 4.79 Å². The minimum atomic E-state index is -0.446. The van der Waals surface area contributed by atoms with E-state index in [1.54, 1.807) is 0 Å². The van der Waals surface area contributed by atoms with Crippen molar-refractivity contribution in [2.24, 2.45) is 0 Å². The lowest BCUT2D eigenvalue weighted by Crippen LogP contribution is -2.40. The van der Waals surface area contributed by atoms with Crippen molar-refractivity contribution in [2.75, 3.05) is 31.4 Å². The number of nitrogens with two attached hydrogens (primary N) is 1. The zero-order valence-corrected chi connectivity index (χ0v) is 11.5. The molecule has 0 aliphatic heterocycles. The first-order valence-corrected chi connectivity index (χ1v) is 6.89. The molecule has 1 aromatic rings. The van der Waals surface area contributed by atoms with Gasteiger partial charge in [-0.05, 0) is 12.8 Å². The van der Waals surface area contributed by atoms with Crippen molar-refractivity contribution in [2.45, 2.75) is 24.9 Å². The molecule has 2 rings (SSSR count). The van der Waals surface area contributed by atoms with E-state index in [1.807, 2.05) is 0 Å². The Bertz CT molecular complexity index is 447. The molecule has 1 aliphatic rings. The topological polar surface area (TPSA) is 110 Å². The van der Waals surface area contributed by atoms with Crippen molar-refractivity contribution < 1.29 is 14.6 Å². The van der Waals surface area contributed by atoms with E-state index in [-0.39, 0.29) is 24.9 Å². The van der Waals surface area contributed by atoms with Crippen LogP contribution in [0.5, 0.6) is 0 Å². The van der Waals surface area contributed by atoms with Crippen LogP contribution in [0.15, 0.2) is 0 Å². The SMILES string of the molecule is COCC(CO)NC(=O)c1sc(NC2CC2)nc1N. The average molecular weight is 286 g/mol. The van der Waals surface area contributed by atoms with Gasteiger partial charge >= 0.3 is 0 Å². The Hall–Kier alpha value is -1.38. The summed E-state index contributed by atoms with van der Waals surface area (Å²) >= 11 is 1.22. The summed E-state index contributed by atoms with van der Waals surface area (Å²) < 4.78 is 4.90. The molecule has 1 unspecified atom stereocenters. The highest BCUT2D eigenvalue weighted by atomic mass is 32.1. The highest BCUT2D eigenvalue weighted by Gasteiger charge is 2.24. The zero-order valence-electron chi connectivity index (χ0n) is 10.7. The Morgan fingerprint density at radius 3 is 3.00 bits per heavy atom. The fourth-order valence-electron chi connectivity index (χ4n) is 1.55. The number of amides is 1. The highest BCUT2D eigenvalue weighted by molar-refractivity contribution is 7.18. The second-order valence-corrected chi connectivity index (χ2v) is 5.46. The molecule has 5 N–H and O–H groups in total. The molecule has 0 spiro atoms. The number of aliphatic hydroxyl groups is 1. The average Bonchev–Trinajstić information content (AvgIpc) is 3.11. The van der Waals surface area contributed by atoms with Crippen LogP contribution in [0, 0.1) is 0 Å². The molecule has 1 aromatic heterocycles. The summed E-state index contributed by atoms with van der Waals surface area (Å²) in [6, 6.07) is 0.0129. The standard InChI is InChI=1S/C11H18N4O3S/c1-18-5-7(4-16)13-10(17)8-9(12)15-11(19-8)14-6-2-3-6/h6-7,16H,2-5,12H2,1H3,(H,13,17)(H,14,15). The Balaban J connectivity index is 1.98. The smallest absolute Gasteiger partial charge is 0.265 e. The Kier molecular flexibility index (Phi) is 4.56. The molecule has 1 heterocycles. The van der Waals surface area contributed by atoms with Gasteiger partial charge in [-0.2, -0.15) is 0 Å². The van der Waals surface area contributed by atoms with E-state index >= 15 is 0 Å². The van der Waals surface area contributed by atoms with E-state index in [2.05, 4.69) is 15.6 Å².